The molecule has 148 valence electrons. The first-order valence-corrected chi connectivity index (χ1v) is 9.75. The summed E-state index contributed by atoms with van der Waals surface area (Å²) in [6.45, 7) is 9.77. The molecule has 2 unspecified atom stereocenters. The third-order valence-corrected chi connectivity index (χ3v) is 5.57. The van der Waals surface area contributed by atoms with Gasteiger partial charge in [-0.3, -0.25) is 9.69 Å². The molecule has 1 aliphatic rings. The zero-order valence-corrected chi connectivity index (χ0v) is 17.1. The first-order chi connectivity index (χ1) is 12.8. The molecule has 0 spiro atoms. The maximum Gasteiger partial charge on any atom is 0.256 e. The minimum absolute atomic E-state index is 0.00371. The first kappa shape index (κ1) is 19.8. The molecule has 1 N–H and O–H groups in total. The quantitative estimate of drug-likeness (QED) is 0.875. The van der Waals surface area contributed by atoms with Crippen LogP contribution in [0.2, 0.25) is 0 Å². The molecule has 1 aromatic carbocycles. The summed E-state index contributed by atoms with van der Waals surface area (Å²) in [7, 11) is 4.19. The molecule has 1 aliphatic heterocycles. The Bertz CT molecular complexity index is 804. The second-order valence-electron chi connectivity index (χ2n) is 8.12. The number of hydrogen-bond acceptors (Lipinski definition) is 3. The number of carbonyl (C=O) groups is 1. The van der Waals surface area contributed by atoms with Gasteiger partial charge in [-0.05, 0) is 66.0 Å². The normalized spacial score (nSPS) is 21.4. The highest BCUT2D eigenvalue weighted by atomic mass is 19.1. The van der Waals surface area contributed by atoms with Gasteiger partial charge in [0, 0.05) is 48.3 Å². The zero-order valence-electron chi connectivity index (χ0n) is 17.1. The monoisotopic (exact) mass is 374 g/mol. The lowest BCUT2D eigenvalue weighted by Crippen LogP contribution is -2.58. The van der Waals surface area contributed by atoms with E-state index in [1.54, 1.807) is 6.07 Å². The second-order valence-corrected chi connectivity index (χ2v) is 8.12. The highest BCUT2D eigenvalue weighted by Gasteiger charge is 2.33. The summed E-state index contributed by atoms with van der Waals surface area (Å²) in [6, 6.07) is 5.19. The lowest BCUT2D eigenvalue weighted by Gasteiger charge is -2.44. The molecule has 27 heavy (non-hydrogen) atoms. The standard InChI is InChI=1S/C21H31FN4O/c1-14-12-25(13-15(2)26(14)10-6-9-24(4)5)21(27)20-16(3)23-19-8-7-17(22)11-18(19)20/h7-8,11,14-15,23H,6,9-10,12-13H2,1-5H3. The largest absolute Gasteiger partial charge is 0.358 e. The summed E-state index contributed by atoms with van der Waals surface area (Å²) in [5, 5.41) is 0.672. The molecule has 2 heterocycles. The van der Waals surface area contributed by atoms with Gasteiger partial charge in [0.05, 0.1) is 5.56 Å². The number of halogens is 1. The van der Waals surface area contributed by atoms with Gasteiger partial charge >= 0.3 is 0 Å². The Kier molecular flexibility index (Phi) is 5.86. The van der Waals surface area contributed by atoms with E-state index >= 15 is 0 Å². The molecule has 6 heteroatoms. The van der Waals surface area contributed by atoms with Gasteiger partial charge in [0.1, 0.15) is 5.82 Å². The molecule has 2 atom stereocenters. The Morgan fingerprint density at radius 2 is 1.93 bits per heavy atom. The van der Waals surface area contributed by atoms with E-state index in [1.165, 1.54) is 12.1 Å². The third-order valence-electron chi connectivity index (χ3n) is 5.57. The van der Waals surface area contributed by atoms with Gasteiger partial charge in [-0.15, -0.1) is 0 Å². The third kappa shape index (κ3) is 4.17. The minimum atomic E-state index is -0.317. The number of nitrogens with one attached hydrogen (secondary N) is 1. The average Bonchev–Trinajstić information content (AvgIpc) is 2.91. The van der Waals surface area contributed by atoms with Crippen LogP contribution >= 0.6 is 0 Å². The number of rotatable bonds is 5. The van der Waals surface area contributed by atoms with Crippen molar-refractivity contribution in [1.82, 2.24) is 19.7 Å². The van der Waals surface area contributed by atoms with Crippen molar-refractivity contribution in [1.29, 1.82) is 0 Å². The van der Waals surface area contributed by atoms with E-state index in [-0.39, 0.29) is 11.7 Å². The van der Waals surface area contributed by atoms with E-state index in [4.69, 9.17) is 0 Å². The van der Waals surface area contributed by atoms with Crippen LogP contribution in [0.1, 0.15) is 36.3 Å². The number of piperazine rings is 1. The van der Waals surface area contributed by atoms with E-state index < -0.39 is 0 Å². The molecule has 0 saturated carbocycles. The number of aryl methyl sites for hydroxylation is 1. The van der Waals surface area contributed by atoms with Crippen molar-refractivity contribution in [2.45, 2.75) is 39.3 Å². The van der Waals surface area contributed by atoms with Crippen LogP contribution in [0, 0.1) is 12.7 Å². The Morgan fingerprint density at radius 1 is 1.26 bits per heavy atom. The van der Waals surface area contributed by atoms with Crippen LogP contribution in [0.4, 0.5) is 4.39 Å². The van der Waals surface area contributed by atoms with Crippen LogP contribution in [0.25, 0.3) is 10.9 Å². The van der Waals surface area contributed by atoms with Crippen LogP contribution in [0.3, 0.4) is 0 Å². The SMILES string of the molecule is Cc1[nH]c2ccc(F)cc2c1C(=O)N1CC(C)N(CCCN(C)C)C(C)C1. The topological polar surface area (TPSA) is 42.6 Å². The molecule has 1 amide bonds. The van der Waals surface area contributed by atoms with Crippen LogP contribution in [0.5, 0.6) is 0 Å². The summed E-state index contributed by atoms with van der Waals surface area (Å²) < 4.78 is 13.7. The van der Waals surface area contributed by atoms with Crippen molar-refractivity contribution in [3.05, 3.63) is 35.3 Å². The van der Waals surface area contributed by atoms with Crippen LogP contribution in [0.15, 0.2) is 18.2 Å². The number of aromatic amines is 1. The summed E-state index contributed by atoms with van der Waals surface area (Å²) in [5.74, 6) is -0.320. The molecule has 1 fully saturated rings. The maximum atomic E-state index is 13.7. The second kappa shape index (κ2) is 7.98. The van der Waals surface area contributed by atoms with E-state index in [1.807, 2.05) is 11.8 Å². The fourth-order valence-electron chi connectivity index (χ4n) is 4.27. The summed E-state index contributed by atoms with van der Waals surface area (Å²) in [5.41, 5.74) is 2.21. The number of hydrogen-bond donors (Lipinski definition) is 1. The number of H-pyrrole nitrogens is 1. The molecule has 5 nitrogen and oxygen atoms in total. The number of carbonyl (C=O) groups excluding carboxylic acids is 1. The van der Waals surface area contributed by atoms with Gasteiger partial charge in [-0.2, -0.15) is 0 Å². The molecular weight excluding hydrogens is 343 g/mol. The molecular formula is C21H31FN4O. The van der Waals surface area contributed by atoms with Crippen molar-refractivity contribution < 1.29 is 9.18 Å². The molecule has 0 aliphatic carbocycles. The highest BCUT2D eigenvalue weighted by Crippen LogP contribution is 2.26. The lowest BCUT2D eigenvalue weighted by atomic mass is 10.0. The number of fused-ring (bicyclic) bond motifs is 1. The molecule has 3 rings (SSSR count). The van der Waals surface area contributed by atoms with Crippen LogP contribution < -0.4 is 0 Å². The Hall–Kier alpha value is -1.92. The van der Waals surface area contributed by atoms with Crippen molar-refractivity contribution in [2.75, 3.05) is 40.3 Å². The Labute approximate surface area is 161 Å². The Balaban J connectivity index is 1.76. The molecule has 1 saturated heterocycles. The minimum Gasteiger partial charge on any atom is -0.358 e. The van der Waals surface area contributed by atoms with Crippen molar-refractivity contribution in [3.63, 3.8) is 0 Å². The predicted octanol–water partition coefficient (Wildman–Crippen LogP) is 3.10. The van der Waals surface area contributed by atoms with Crippen molar-refractivity contribution in [3.8, 4) is 0 Å². The molecule has 0 radical (unpaired) electrons. The summed E-state index contributed by atoms with van der Waals surface area (Å²) in [6.07, 6.45) is 1.12. The van der Waals surface area contributed by atoms with Gasteiger partial charge in [-0.25, -0.2) is 4.39 Å². The maximum absolute atomic E-state index is 13.7. The van der Waals surface area contributed by atoms with E-state index in [0.717, 1.165) is 30.7 Å². The average molecular weight is 375 g/mol. The molecule has 0 bridgehead atoms. The van der Waals surface area contributed by atoms with Crippen molar-refractivity contribution in [2.24, 2.45) is 0 Å². The lowest BCUT2D eigenvalue weighted by molar-refractivity contribution is 0.0296. The van der Waals surface area contributed by atoms with Gasteiger partial charge < -0.3 is 14.8 Å². The zero-order chi connectivity index (χ0) is 19.7. The fraction of sp³-hybridized carbons (Fsp3) is 0.571. The predicted molar refractivity (Wildman–Crippen MR) is 108 cm³/mol. The van der Waals surface area contributed by atoms with Gasteiger partial charge in [-0.1, -0.05) is 0 Å². The smallest absolute Gasteiger partial charge is 0.256 e. The molecule has 2 aromatic rings. The molecule has 1 aromatic heterocycles. The van der Waals surface area contributed by atoms with Gasteiger partial charge in [0.15, 0.2) is 0 Å². The van der Waals surface area contributed by atoms with Crippen LogP contribution in [-0.4, -0.2) is 77.9 Å². The van der Waals surface area contributed by atoms with Gasteiger partial charge in [0.25, 0.3) is 5.91 Å². The fourth-order valence-corrected chi connectivity index (χ4v) is 4.27. The Morgan fingerprint density at radius 3 is 2.56 bits per heavy atom. The number of amides is 1. The first-order valence-electron chi connectivity index (χ1n) is 9.75. The van der Waals surface area contributed by atoms with Crippen molar-refractivity contribution >= 4 is 16.8 Å². The number of benzene rings is 1. The van der Waals surface area contributed by atoms with E-state index in [2.05, 4.69) is 42.7 Å². The van der Waals surface area contributed by atoms with Gasteiger partial charge in [0.2, 0.25) is 0 Å². The van der Waals surface area contributed by atoms with E-state index in [0.29, 0.717) is 36.1 Å². The number of aromatic nitrogens is 1. The van der Waals surface area contributed by atoms with E-state index in [9.17, 15) is 9.18 Å². The number of nitrogens with zero attached hydrogens (tertiary/aromatic N) is 3. The summed E-state index contributed by atoms with van der Waals surface area (Å²) >= 11 is 0. The summed E-state index contributed by atoms with van der Waals surface area (Å²) in [4.78, 5) is 23.1. The highest BCUT2D eigenvalue weighted by molar-refractivity contribution is 6.08. The van der Waals surface area contributed by atoms with Crippen LogP contribution in [-0.2, 0) is 0 Å².